The summed E-state index contributed by atoms with van der Waals surface area (Å²) in [7, 11) is 0.203. The van der Waals surface area contributed by atoms with Crippen LogP contribution in [0.5, 0.6) is 0 Å². The van der Waals surface area contributed by atoms with Gasteiger partial charge in [0.25, 0.3) is 0 Å². The van der Waals surface area contributed by atoms with E-state index in [0.29, 0.717) is 0 Å². The van der Waals surface area contributed by atoms with Gasteiger partial charge in [-0.1, -0.05) is 36.4 Å². The molecule has 2 aromatic rings. The van der Waals surface area contributed by atoms with E-state index >= 15 is 0 Å². The summed E-state index contributed by atoms with van der Waals surface area (Å²) < 4.78 is 220. The Labute approximate surface area is 222 Å². The molecular weight excluding hydrogens is 652 g/mol. The molecule has 20 heteroatoms. The molecule has 0 radical (unpaired) electrons. The summed E-state index contributed by atoms with van der Waals surface area (Å²) in [4.78, 5) is 2.80. The number of benzene rings is 2. The Hall–Kier alpha value is -2.48. The van der Waals surface area contributed by atoms with E-state index in [4.69, 9.17) is 5.26 Å². The summed E-state index contributed by atoms with van der Waals surface area (Å²) in [5, 5.41) is 7.82. The topological polar surface area (TPSA) is 23.8 Å². The van der Waals surface area contributed by atoms with Gasteiger partial charge < -0.3 is 0 Å². The van der Waals surface area contributed by atoms with Crippen LogP contribution in [0.4, 0.5) is 74.3 Å². The summed E-state index contributed by atoms with van der Waals surface area (Å²) in [5.74, 6) is 0. The summed E-state index contributed by atoms with van der Waals surface area (Å²) in [5.41, 5.74) is -27.9. The van der Waals surface area contributed by atoms with E-state index < -0.39 is 54.3 Å². The Bertz CT molecular complexity index is 1130. The maximum atomic E-state index is 14.5. The molecule has 0 N–H and O–H groups in total. The Morgan fingerprint density at radius 2 is 0.805 bits per heavy atom. The van der Waals surface area contributed by atoms with Crippen molar-refractivity contribution in [1.82, 2.24) is 0 Å². The summed E-state index contributed by atoms with van der Waals surface area (Å²) in [6.45, 7) is -13.9. The second-order valence-electron chi connectivity index (χ2n) is 8.19. The van der Waals surface area contributed by atoms with Gasteiger partial charge in [0.2, 0.25) is 0 Å². The normalized spacial score (nSPS) is 15.8. The maximum absolute atomic E-state index is 14.5. The third kappa shape index (κ3) is 4.78. The second-order valence-corrected chi connectivity index (χ2v) is 15.4. The van der Waals surface area contributed by atoms with Crippen LogP contribution in [0, 0.1) is 11.3 Å². The van der Waals surface area contributed by atoms with E-state index in [1.54, 1.807) is 0 Å². The van der Waals surface area contributed by atoms with Crippen molar-refractivity contribution in [3.63, 3.8) is 0 Å². The molecule has 234 valence electrons. The number of nitrogens with zero attached hydrogens (tertiary/aromatic N) is 1. The molecule has 0 bridgehead atoms. The van der Waals surface area contributed by atoms with Crippen molar-refractivity contribution in [2.24, 2.45) is 0 Å². The van der Waals surface area contributed by atoms with Gasteiger partial charge in [-0.25, -0.2) is 0 Å². The fraction of sp³-hybridized carbons (Fsp3) is 0.381. The predicted molar refractivity (Wildman–Crippen MR) is 115 cm³/mol. The molecule has 0 aliphatic rings. The van der Waals surface area contributed by atoms with Crippen molar-refractivity contribution in [3.8, 4) is 6.07 Å². The Balaban J connectivity index is 0.000000495. The molecular formula is C21H15F17NPS. The summed E-state index contributed by atoms with van der Waals surface area (Å²) in [6.07, 6.45) is -28.3. The van der Waals surface area contributed by atoms with Gasteiger partial charge >= 0.3 is 134 Å². The summed E-state index contributed by atoms with van der Waals surface area (Å²) in [6, 6.07) is 20.4. The third-order valence-electron chi connectivity index (χ3n) is 5.72. The number of alkyl halides is 15. The molecule has 0 spiro atoms. The van der Waals surface area contributed by atoms with Gasteiger partial charge in [-0.15, -0.1) is 0 Å². The standard InChI is InChI=1S/C13H13S.C8H2F17NP/c1-14(12-8-4-2-5-9-12)13-10-6-3-7-11-13;9-3(10,11)6(18,19)27(24,25,2-1-26,7(20,21)4(12,13)14)8(22,23)5(15,16)17/h2-11H,1H3;2H2/q+1;-1. The van der Waals surface area contributed by atoms with Crippen LogP contribution in [0.25, 0.3) is 0 Å². The monoisotopic (exact) mass is 667 g/mol. The Morgan fingerprint density at radius 1 is 0.561 bits per heavy atom. The van der Waals surface area contributed by atoms with Crippen LogP contribution >= 0.6 is 6.57 Å². The number of hydrogen-bond acceptors (Lipinski definition) is 1. The first-order valence-corrected chi connectivity index (χ1v) is 14.4. The molecule has 2 aromatic carbocycles. The zero-order chi connectivity index (χ0) is 32.6. The average molecular weight is 667 g/mol. The van der Waals surface area contributed by atoms with Crippen LogP contribution in [-0.4, -0.2) is 47.9 Å². The molecule has 2 rings (SSSR count). The first kappa shape index (κ1) is 36.5. The van der Waals surface area contributed by atoms with E-state index in [1.165, 1.54) is 9.79 Å². The van der Waals surface area contributed by atoms with Gasteiger partial charge in [-0.2, -0.15) is 0 Å². The van der Waals surface area contributed by atoms with Gasteiger partial charge in [0, 0.05) is 0 Å². The minimum absolute atomic E-state index is 0.203. The second kappa shape index (κ2) is 10.4. The van der Waals surface area contributed by atoms with Gasteiger partial charge in [-0.05, 0) is 24.3 Å². The molecule has 0 atom stereocenters. The number of hydrogen-bond donors (Lipinski definition) is 0. The first-order chi connectivity index (χ1) is 18.1. The molecule has 0 saturated carbocycles. The molecule has 0 amide bonds. The van der Waals surface area contributed by atoms with E-state index in [0.717, 1.165) is 0 Å². The molecule has 0 aliphatic heterocycles. The van der Waals surface area contributed by atoms with Gasteiger partial charge in [0.05, 0.1) is 10.9 Å². The molecule has 0 aliphatic carbocycles. The predicted octanol–water partition coefficient (Wildman–Crippen LogP) is 10.2. The number of halogens is 17. The fourth-order valence-corrected chi connectivity index (χ4v) is 8.56. The Kier molecular flexibility index (Phi) is 9.23. The number of nitriles is 1. The van der Waals surface area contributed by atoms with Crippen molar-refractivity contribution in [2.75, 3.05) is 12.4 Å². The zero-order valence-corrected chi connectivity index (χ0v) is 21.4. The van der Waals surface area contributed by atoms with Crippen LogP contribution < -0.4 is 0 Å². The average Bonchev–Trinajstić information content (AvgIpc) is 2.83. The van der Waals surface area contributed by atoms with Crippen molar-refractivity contribution < 1.29 is 74.3 Å². The van der Waals surface area contributed by atoms with Gasteiger partial charge in [0.1, 0.15) is 6.26 Å². The number of rotatable bonds is 6. The van der Waals surface area contributed by atoms with Crippen LogP contribution in [0.2, 0.25) is 0 Å². The van der Waals surface area contributed by atoms with Crippen LogP contribution in [-0.2, 0) is 10.9 Å². The SMILES string of the molecule is C[S+](c1ccccc1)c1ccccc1.N#CC[P-](F)(F)(C(F)(F)C(F)(F)F)(C(F)(F)C(F)(F)F)C(F)(F)C(F)(F)F. The molecule has 0 saturated heterocycles. The van der Waals surface area contributed by atoms with Crippen LogP contribution in [0.1, 0.15) is 0 Å². The molecule has 0 aromatic heterocycles. The molecule has 1 nitrogen and oxygen atoms in total. The van der Waals surface area contributed by atoms with E-state index in [1.807, 2.05) is 0 Å². The van der Waals surface area contributed by atoms with E-state index in [9.17, 15) is 74.3 Å². The van der Waals surface area contributed by atoms with Crippen molar-refractivity contribution >= 4 is 17.5 Å². The molecule has 0 fully saturated rings. The van der Waals surface area contributed by atoms with Crippen molar-refractivity contribution in [1.29, 1.82) is 5.26 Å². The van der Waals surface area contributed by atoms with Crippen LogP contribution in [0.15, 0.2) is 70.5 Å². The summed E-state index contributed by atoms with van der Waals surface area (Å²) >= 11 is 0. The van der Waals surface area contributed by atoms with E-state index in [2.05, 4.69) is 66.9 Å². The van der Waals surface area contributed by atoms with E-state index in [-0.39, 0.29) is 10.9 Å². The quantitative estimate of drug-likeness (QED) is 0.171. The zero-order valence-electron chi connectivity index (χ0n) is 19.7. The van der Waals surface area contributed by atoms with Crippen LogP contribution in [0.3, 0.4) is 0 Å². The molecule has 41 heavy (non-hydrogen) atoms. The van der Waals surface area contributed by atoms with Crippen molar-refractivity contribution in [3.05, 3.63) is 60.7 Å². The molecule has 0 unspecified atom stereocenters. The molecule has 0 heterocycles. The van der Waals surface area contributed by atoms with Gasteiger partial charge in [-0.3, -0.25) is 0 Å². The first-order valence-electron chi connectivity index (χ1n) is 10.1. The fourth-order valence-electron chi connectivity index (χ4n) is 3.31. The Morgan fingerprint density at radius 3 is 1.00 bits per heavy atom. The van der Waals surface area contributed by atoms with Crippen molar-refractivity contribution in [2.45, 2.75) is 45.3 Å². The third-order valence-corrected chi connectivity index (χ3v) is 13.4. The van der Waals surface area contributed by atoms with Gasteiger partial charge in [0.15, 0.2) is 9.79 Å². The minimum atomic E-state index is -13.9.